The van der Waals surface area contributed by atoms with Crippen LogP contribution in [0.15, 0.2) is 42.5 Å². The van der Waals surface area contributed by atoms with Gasteiger partial charge in [-0.3, -0.25) is 0 Å². The summed E-state index contributed by atoms with van der Waals surface area (Å²) in [5.41, 5.74) is -0.181. The molecule has 0 unspecified atom stereocenters. The molecule has 102 valence electrons. The number of benzene rings is 2. The number of halogens is 4. The van der Waals surface area contributed by atoms with Crippen LogP contribution >= 0.6 is 0 Å². The Kier molecular flexibility index (Phi) is 3.75. The van der Waals surface area contributed by atoms with Crippen molar-refractivity contribution in [1.82, 2.24) is 0 Å². The van der Waals surface area contributed by atoms with Crippen molar-refractivity contribution < 1.29 is 17.6 Å². The molecule has 0 aliphatic rings. The first-order valence-corrected chi connectivity index (χ1v) is 5.75. The molecule has 0 fully saturated rings. The number of alkyl halides is 3. The van der Waals surface area contributed by atoms with Crippen LogP contribution in [0.2, 0.25) is 0 Å². The maximum absolute atomic E-state index is 13.0. The van der Waals surface area contributed by atoms with Gasteiger partial charge in [-0.2, -0.15) is 18.4 Å². The normalized spacial score (nSPS) is 11.2. The molecular formula is C15H9F4N. The molecule has 0 amide bonds. The maximum atomic E-state index is 13.0. The highest BCUT2D eigenvalue weighted by Crippen LogP contribution is 2.36. The Labute approximate surface area is 113 Å². The Morgan fingerprint density at radius 2 is 1.65 bits per heavy atom. The van der Waals surface area contributed by atoms with Crippen molar-refractivity contribution in [2.45, 2.75) is 12.6 Å². The number of nitriles is 1. The second kappa shape index (κ2) is 5.33. The van der Waals surface area contributed by atoms with Gasteiger partial charge in [0.2, 0.25) is 0 Å². The van der Waals surface area contributed by atoms with Crippen LogP contribution in [0, 0.1) is 17.1 Å². The molecule has 20 heavy (non-hydrogen) atoms. The summed E-state index contributed by atoms with van der Waals surface area (Å²) in [6.45, 7) is 0. The van der Waals surface area contributed by atoms with E-state index in [-0.39, 0.29) is 12.0 Å². The average molecular weight is 279 g/mol. The Morgan fingerprint density at radius 1 is 1.00 bits per heavy atom. The highest BCUT2D eigenvalue weighted by Gasteiger charge is 2.34. The second-order valence-corrected chi connectivity index (χ2v) is 4.17. The first kappa shape index (κ1) is 14.1. The molecule has 5 heteroatoms. The smallest absolute Gasteiger partial charge is 0.207 e. The lowest BCUT2D eigenvalue weighted by Gasteiger charge is -2.15. The van der Waals surface area contributed by atoms with E-state index in [9.17, 15) is 17.6 Å². The van der Waals surface area contributed by atoms with E-state index >= 15 is 0 Å². The van der Waals surface area contributed by atoms with Crippen molar-refractivity contribution in [3.05, 3.63) is 59.4 Å². The summed E-state index contributed by atoms with van der Waals surface area (Å²) in [5.74, 6) is -0.470. The lowest BCUT2D eigenvalue weighted by Crippen LogP contribution is -2.10. The van der Waals surface area contributed by atoms with Gasteiger partial charge in [-0.1, -0.05) is 24.3 Å². The molecule has 0 atom stereocenters. The topological polar surface area (TPSA) is 23.8 Å². The third-order valence-electron chi connectivity index (χ3n) is 2.89. The Balaban J connectivity index is 2.64. The SMILES string of the molecule is N#CCc1c(-c2ccc(F)cc2)cccc1C(F)(F)F. The zero-order valence-corrected chi connectivity index (χ0v) is 10.2. The van der Waals surface area contributed by atoms with Crippen molar-refractivity contribution in [3.63, 3.8) is 0 Å². The fraction of sp³-hybridized carbons (Fsp3) is 0.133. The quantitative estimate of drug-likeness (QED) is 0.738. The zero-order chi connectivity index (χ0) is 14.8. The minimum Gasteiger partial charge on any atom is -0.207 e. The summed E-state index contributed by atoms with van der Waals surface area (Å²) >= 11 is 0. The predicted molar refractivity (Wildman–Crippen MR) is 66.2 cm³/mol. The van der Waals surface area contributed by atoms with Crippen LogP contribution in [0.4, 0.5) is 17.6 Å². The van der Waals surface area contributed by atoms with E-state index in [4.69, 9.17) is 5.26 Å². The predicted octanol–water partition coefficient (Wildman–Crippen LogP) is 4.58. The summed E-state index contributed by atoms with van der Waals surface area (Å²) in [7, 11) is 0. The zero-order valence-electron chi connectivity index (χ0n) is 10.2. The van der Waals surface area contributed by atoms with Crippen molar-refractivity contribution in [2.75, 3.05) is 0 Å². The van der Waals surface area contributed by atoms with Crippen LogP contribution in [-0.4, -0.2) is 0 Å². The van der Waals surface area contributed by atoms with Gasteiger partial charge in [-0.25, -0.2) is 4.39 Å². The number of rotatable bonds is 2. The van der Waals surface area contributed by atoms with Gasteiger partial charge in [-0.15, -0.1) is 0 Å². The highest BCUT2D eigenvalue weighted by molar-refractivity contribution is 5.69. The molecular weight excluding hydrogens is 270 g/mol. The molecule has 0 saturated carbocycles. The first-order chi connectivity index (χ1) is 9.43. The summed E-state index contributed by atoms with van der Waals surface area (Å²) in [5, 5.41) is 8.75. The average Bonchev–Trinajstić information content (AvgIpc) is 2.39. The molecule has 2 aromatic carbocycles. The van der Waals surface area contributed by atoms with Crippen molar-refractivity contribution >= 4 is 0 Å². The number of nitrogens with zero attached hydrogens (tertiary/aromatic N) is 1. The Morgan fingerprint density at radius 3 is 2.20 bits per heavy atom. The largest absolute Gasteiger partial charge is 0.416 e. The van der Waals surface area contributed by atoms with Crippen LogP contribution in [0.1, 0.15) is 11.1 Å². The molecule has 2 aromatic rings. The lowest BCUT2D eigenvalue weighted by atomic mass is 9.93. The maximum Gasteiger partial charge on any atom is 0.416 e. The van der Waals surface area contributed by atoms with E-state index in [1.807, 2.05) is 0 Å². The monoisotopic (exact) mass is 279 g/mol. The van der Waals surface area contributed by atoms with Crippen molar-refractivity contribution in [1.29, 1.82) is 5.26 Å². The third kappa shape index (κ3) is 2.80. The number of hydrogen-bond acceptors (Lipinski definition) is 1. The molecule has 2 rings (SSSR count). The van der Waals surface area contributed by atoms with Gasteiger partial charge >= 0.3 is 6.18 Å². The van der Waals surface area contributed by atoms with Gasteiger partial charge in [0.05, 0.1) is 18.1 Å². The highest BCUT2D eigenvalue weighted by atomic mass is 19.4. The molecule has 0 heterocycles. The molecule has 0 aromatic heterocycles. The van der Waals surface area contributed by atoms with Gasteiger partial charge in [0.1, 0.15) is 5.82 Å². The lowest BCUT2D eigenvalue weighted by molar-refractivity contribution is -0.138. The summed E-state index contributed by atoms with van der Waals surface area (Å²) in [4.78, 5) is 0. The fourth-order valence-corrected chi connectivity index (χ4v) is 2.02. The molecule has 0 aliphatic carbocycles. The molecule has 0 N–H and O–H groups in total. The van der Waals surface area contributed by atoms with Crippen LogP contribution in [0.5, 0.6) is 0 Å². The summed E-state index contributed by atoms with van der Waals surface area (Å²) in [6, 6.07) is 10.6. The van der Waals surface area contributed by atoms with E-state index in [0.717, 1.165) is 6.07 Å². The summed E-state index contributed by atoms with van der Waals surface area (Å²) in [6.07, 6.45) is -4.88. The van der Waals surface area contributed by atoms with Crippen LogP contribution in [0.3, 0.4) is 0 Å². The van der Waals surface area contributed by atoms with Crippen molar-refractivity contribution in [2.24, 2.45) is 0 Å². The van der Waals surface area contributed by atoms with E-state index < -0.39 is 17.6 Å². The first-order valence-electron chi connectivity index (χ1n) is 5.75. The van der Waals surface area contributed by atoms with E-state index in [1.54, 1.807) is 6.07 Å². The van der Waals surface area contributed by atoms with E-state index in [1.165, 1.54) is 36.4 Å². The minimum atomic E-state index is -4.53. The van der Waals surface area contributed by atoms with Gasteiger partial charge in [0, 0.05) is 0 Å². The minimum absolute atomic E-state index is 0.0888. The molecule has 0 saturated heterocycles. The van der Waals surface area contributed by atoms with Gasteiger partial charge in [0.15, 0.2) is 0 Å². The van der Waals surface area contributed by atoms with E-state index in [2.05, 4.69) is 0 Å². The van der Waals surface area contributed by atoms with Crippen LogP contribution in [-0.2, 0) is 12.6 Å². The molecule has 0 spiro atoms. The Hall–Kier alpha value is -2.35. The van der Waals surface area contributed by atoms with Gasteiger partial charge < -0.3 is 0 Å². The van der Waals surface area contributed by atoms with Crippen LogP contribution < -0.4 is 0 Å². The third-order valence-corrected chi connectivity index (χ3v) is 2.89. The summed E-state index contributed by atoms with van der Waals surface area (Å²) < 4.78 is 51.8. The standard InChI is InChI=1S/C15H9F4N/c16-11-6-4-10(5-7-11)12-2-1-3-14(15(17,18)19)13(12)8-9-20/h1-7H,8H2. The van der Waals surface area contributed by atoms with Crippen LogP contribution in [0.25, 0.3) is 11.1 Å². The van der Waals surface area contributed by atoms with Gasteiger partial charge in [0.25, 0.3) is 0 Å². The van der Waals surface area contributed by atoms with Gasteiger partial charge in [-0.05, 0) is 34.9 Å². The second-order valence-electron chi connectivity index (χ2n) is 4.17. The molecule has 0 aliphatic heterocycles. The Bertz CT molecular complexity index is 651. The van der Waals surface area contributed by atoms with E-state index in [0.29, 0.717) is 11.1 Å². The van der Waals surface area contributed by atoms with Crippen molar-refractivity contribution in [3.8, 4) is 17.2 Å². The molecule has 0 bridgehead atoms. The molecule has 1 nitrogen and oxygen atoms in total. The fourth-order valence-electron chi connectivity index (χ4n) is 2.02. The number of hydrogen-bond donors (Lipinski definition) is 0. The molecule has 0 radical (unpaired) electrons.